The maximum Gasteiger partial charge on any atom is 0.335 e. The van der Waals surface area contributed by atoms with Crippen LogP contribution in [-0.4, -0.2) is 42.2 Å². The Kier molecular flexibility index (Phi) is 8.45. The van der Waals surface area contributed by atoms with Crippen LogP contribution in [0.2, 0.25) is 0 Å². The molecule has 10 heteroatoms. The lowest BCUT2D eigenvalue weighted by atomic mass is 9.94. The van der Waals surface area contributed by atoms with Crippen LogP contribution in [0.4, 0.5) is 5.69 Å². The Hall–Kier alpha value is -2.32. The van der Waals surface area contributed by atoms with Gasteiger partial charge in [-0.2, -0.15) is 0 Å². The molecule has 36 heavy (non-hydrogen) atoms. The number of hydrogen-bond donors (Lipinski definition) is 1. The van der Waals surface area contributed by atoms with E-state index in [1.165, 1.54) is 11.8 Å². The molecule has 0 aromatic heterocycles. The fourth-order valence-electron chi connectivity index (χ4n) is 4.30. The number of benzene rings is 2. The van der Waals surface area contributed by atoms with Gasteiger partial charge in [-0.25, -0.2) is 0 Å². The van der Waals surface area contributed by atoms with Gasteiger partial charge in [0, 0.05) is 11.3 Å². The summed E-state index contributed by atoms with van der Waals surface area (Å²) >= 11 is 1.40. The second-order valence-electron chi connectivity index (χ2n) is 9.01. The number of carbonyl (C=O) groups excluding carboxylic acids is 2. The number of rotatable bonds is 9. The van der Waals surface area contributed by atoms with Crippen LogP contribution < -0.4 is 14.8 Å². The molecule has 194 valence electrons. The van der Waals surface area contributed by atoms with Crippen molar-refractivity contribution < 1.29 is 32.7 Å². The van der Waals surface area contributed by atoms with Crippen LogP contribution in [0.15, 0.2) is 36.4 Å². The van der Waals surface area contributed by atoms with Gasteiger partial charge in [0.1, 0.15) is 0 Å². The summed E-state index contributed by atoms with van der Waals surface area (Å²) in [5, 5.41) is 2.17. The van der Waals surface area contributed by atoms with Crippen molar-refractivity contribution in [3.63, 3.8) is 0 Å². The summed E-state index contributed by atoms with van der Waals surface area (Å²) in [7, 11) is -3.21. The first-order chi connectivity index (χ1) is 17.2. The number of ketones is 1. The molecule has 1 N–H and O–H groups in total. The summed E-state index contributed by atoms with van der Waals surface area (Å²) in [6, 6.07) is 10.7. The van der Waals surface area contributed by atoms with Gasteiger partial charge in [-0.05, 0) is 61.6 Å². The third kappa shape index (κ3) is 5.97. The Labute approximate surface area is 215 Å². The molecule has 0 saturated carbocycles. The van der Waals surface area contributed by atoms with Crippen molar-refractivity contribution in [1.82, 2.24) is 0 Å². The van der Waals surface area contributed by atoms with Gasteiger partial charge in [0.15, 0.2) is 17.3 Å². The van der Waals surface area contributed by atoms with Crippen molar-refractivity contribution in [2.45, 2.75) is 50.8 Å². The molecule has 2 aliphatic rings. The van der Waals surface area contributed by atoms with Crippen LogP contribution in [0.3, 0.4) is 0 Å². The van der Waals surface area contributed by atoms with E-state index in [4.69, 9.17) is 18.5 Å². The standard InChI is InChI=1S/C26H32NO7PS/c1-5-33-35(30,34-6-2)14-17-7-9-19(10-8-17)27-26(29)23-12-18-11-21-22(32-15-31-21)13-20(18)24(28)25(36-23)16(3)4/h7-11,13,16,23,25H,5-6,12,14-15H2,1-4H3,(H,27,29)/t23-,25+/m1/s1. The second-order valence-corrected chi connectivity index (χ2v) is 12.4. The topological polar surface area (TPSA) is 100 Å². The number of nitrogens with one attached hydrogen (secondary N) is 1. The van der Waals surface area contributed by atoms with Crippen molar-refractivity contribution in [2.75, 3.05) is 25.3 Å². The highest BCUT2D eigenvalue weighted by Gasteiger charge is 2.37. The highest BCUT2D eigenvalue weighted by atomic mass is 32.2. The van der Waals surface area contributed by atoms with Gasteiger partial charge >= 0.3 is 7.60 Å². The zero-order chi connectivity index (χ0) is 25.9. The summed E-state index contributed by atoms with van der Waals surface area (Å²) in [5.41, 5.74) is 2.79. The molecule has 0 saturated heterocycles. The lowest BCUT2D eigenvalue weighted by Gasteiger charge is -2.21. The lowest BCUT2D eigenvalue weighted by Crippen LogP contribution is -2.30. The Morgan fingerprint density at radius 2 is 1.75 bits per heavy atom. The van der Waals surface area contributed by atoms with Crippen LogP contribution in [0, 0.1) is 5.92 Å². The van der Waals surface area contributed by atoms with Crippen molar-refractivity contribution in [3.8, 4) is 11.5 Å². The van der Waals surface area contributed by atoms with Crippen LogP contribution in [0.25, 0.3) is 0 Å². The van der Waals surface area contributed by atoms with Crippen LogP contribution in [0.5, 0.6) is 11.5 Å². The first kappa shape index (κ1) is 26.7. The Morgan fingerprint density at radius 3 is 2.36 bits per heavy atom. The first-order valence-corrected chi connectivity index (χ1v) is 14.8. The largest absolute Gasteiger partial charge is 0.454 e. The molecule has 0 spiro atoms. The SMILES string of the molecule is CCOP(=O)(Cc1ccc(NC(=O)[C@H]2Cc3cc4c(cc3C(=O)[C@H](C(C)C)S2)OCO4)cc1)OCC. The highest BCUT2D eigenvalue weighted by Crippen LogP contribution is 2.51. The molecule has 4 rings (SSSR count). The summed E-state index contributed by atoms with van der Waals surface area (Å²) in [6.45, 7) is 8.26. The highest BCUT2D eigenvalue weighted by molar-refractivity contribution is 8.02. The predicted octanol–water partition coefficient (Wildman–Crippen LogP) is 5.69. The molecule has 2 atom stereocenters. The minimum atomic E-state index is -3.21. The minimum Gasteiger partial charge on any atom is -0.454 e. The Bertz CT molecular complexity index is 1160. The number of amides is 1. The molecule has 2 aliphatic heterocycles. The number of carbonyl (C=O) groups is 2. The van der Waals surface area contributed by atoms with E-state index < -0.39 is 12.8 Å². The number of anilines is 1. The Balaban J connectivity index is 1.50. The van der Waals surface area contributed by atoms with E-state index in [-0.39, 0.29) is 35.8 Å². The number of Topliss-reactive ketones (excluding diaryl/α,β-unsaturated/α-hetero) is 1. The van der Waals surface area contributed by atoms with Gasteiger partial charge < -0.3 is 23.8 Å². The molecule has 0 radical (unpaired) electrons. The average Bonchev–Trinajstić information content (AvgIpc) is 3.23. The van der Waals surface area contributed by atoms with E-state index in [0.29, 0.717) is 42.4 Å². The number of hydrogen-bond acceptors (Lipinski definition) is 8. The third-order valence-corrected chi connectivity index (χ3v) is 9.80. The van der Waals surface area contributed by atoms with Crippen LogP contribution >= 0.6 is 19.4 Å². The van der Waals surface area contributed by atoms with Crippen molar-refractivity contribution in [2.24, 2.45) is 5.92 Å². The molecule has 0 aliphatic carbocycles. The molecule has 2 aromatic rings. The molecule has 1 amide bonds. The van der Waals surface area contributed by atoms with Gasteiger partial charge in [0.2, 0.25) is 12.7 Å². The zero-order valence-corrected chi connectivity index (χ0v) is 22.7. The maximum atomic E-state index is 13.4. The molecule has 0 unspecified atom stereocenters. The smallest absolute Gasteiger partial charge is 0.335 e. The summed E-state index contributed by atoms with van der Waals surface area (Å²) in [6.07, 6.45) is 0.563. The van der Waals surface area contributed by atoms with E-state index in [0.717, 1.165) is 11.1 Å². The van der Waals surface area contributed by atoms with Gasteiger partial charge in [0.25, 0.3) is 0 Å². The van der Waals surface area contributed by atoms with E-state index in [2.05, 4.69) is 5.32 Å². The molecular formula is C26H32NO7PS. The molecular weight excluding hydrogens is 501 g/mol. The maximum absolute atomic E-state index is 13.4. The lowest BCUT2D eigenvalue weighted by molar-refractivity contribution is -0.115. The van der Waals surface area contributed by atoms with Gasteiger partial charge in [-0.3, -0.25) is 14.2 Å². The van der Waals surface area contributed by atoms with E-state index in [1.54, 1.807) is 44.2 Å². The van der Waals surface area contributed by atoms with Crippen molar-refractivity contribution >= 4 is 36.7 Å². The third-order valence-electron chi connectivity index (χ3n) is 5.99. The average molecular weight is 534 g/mol. The first-order valence-electron chi connectivity index (χ1n) is 12.1. The van der Waals surface area contributed by atoms with E-state index >= 15 is 0 Å². The molecule has 0 bridgehead atoms. The Morgan fingerprint density at radius 1 is 1.11 bits per heavy atom. The molecule has 8 nitrogen and oxygen atoms in total. The predicted molar refractivity (Wildman–Crippen MR) is 140 cm³/mol. The fourth-order valence-corrected chi connectivity index (χ4v) is 7.38. The van der Waals surface area contributed by atoms with Gasteiger partial charge in [0.05, 0.1) is 29.9 Å². The minimum absolute atomic E-state index is 0.0102. The summed E-state index contributed by atoms with van der Waals surface area (Å²) in [5.74, 6) is 1.05. The number of thioether (sulfide) groups is 1. The van der Waals surface area contributed by atoms with Gasteiger partial charge in [-0.15, -0.1) is 11.8 Å². The fraction of sp³-hybridized carbons (Fsp3) is 0.462. The zero-order valence-electron chi connectivity index (χ0n) is 20.9. The second kappa shape index (κ2) is 11.4. The molecule has 2 heterocycles. The number of fused-ring (bicyclic) bond motifs is 2. The molecule has 0 fully saturated rings. The number of ether oxygens (including phenoxy) is 2. The monoisotopic (exact) mass is 533 g/mol. The van der Waals surface area contributed by atoms with Crippen molar-refractivity contribution in [1.29, 1.82) is 0 Å². The summed E-state index contributed by atoms with van der Waals surface area (Å²) in [4.78, 5) is 26.7. The normalized spacial score (nSPS) is 19.2. The van der Waals surface area contributed by atoms with E-state index in [1.807, 2.05) is 19.9 Å². The van der Waals surface area contributed by atoms with Crippen LogP contribution in [-0.2, 0) is 31.0 Å². The van der Waals surface area contributed by atoms with Crippen molar-refractivity contribution in [3.05, 3.63) is 53.1 Å². The molecule has 2 aromatic carbocycles. The quantitative estimate of drug-likeness (QED) is 0.411. The summed E-state index contributed by atoms with van der Waals surface area (Å²) < 4.78 is 34.5. The van der Waals surface area contributed by atoms with Crippen LogP contribution in [0.1, 0.15) is 49.2 Å². The van der Waals surface area contributed by atoms with E-state index in [9.17, 15) is 14.2 Å². The van der Waals surface area contributed by atoms with Gasteiger partial charge in [-0.1, -0.05) is 26.0 Å².